The largest absolute Gasteiger partial charge is 0.493 e. The Morgan fingerprint density at radius 2 is 1.38 bits per heavy atom. The van der Waals surface area contributed by atoms with Crippen molar-refractivity contribution in [2.75, 3.05) is 20.3 Å². The number of benzene rings is 3. The van der Waals surface area contributed by atoms with Crippen molar-refractivity contribution in [1.82, 2.24) is 0 Å². The van der Waals surface area contributed by atoms with Gasteiger partial charge in [-0.2, -0.15) is 13.2 Å². The van der Waals surface area contributed by atoms with E-state index in [0.29, 0.717) is 24.7 Å². The van der Waals surface area contributed by atoms with Crippen molar-refractivity contribution < 1.29 is 51.2 Å². The van der Waals surface area contributed by atoms with Gasteiger partial charge in [0.15, 0.2) is 11.5 Å². The van der Waals surface area contributed by atoms with Crippen molar-refractivity contribution in [3.05, 3.63) is 95.6 Å². The maximum Gasteiger partial charge on any atom is 0.420 e. The molecule has 0 aliphatic carbocycles. The molecule has 3 aromatic carbocycles. The van der Waals surface area contributed by atoms with Gasteiger partial charge in [-0.05, 0) is 79.8 Å². The van der Waals surface area contributed by atoms with Gasteiger partial charge in [0.25, 0.3) is 0 Å². The highest BCUT2D eigenvalue weighted by atomic mass is 19.4. The van der Waals surface area contributed by atoms with Crippen LogP contribution in [0.1, 0.15) is 83.7 Å². The summed E-state index contributed by atoms with van der Waals surface area (Å²) in [7, 11) is 1.34. The lowest BCUT2D eigenvalue weighted by Crippen LogP contribution is -2.16. The van der Waals surface area contributed by atoms with Crippen LogP contribution >= 0.6 is 0 Å². The number of unbranched alkanes of at least 4 members (excludes halogenated alkanes) is 5. The molecule has 0 aliphatic heterocycles. The van der Waals surface area contributed by atoms with E-state index in [1.807, 2.05) is 12.1 Å². The van der Waals surface area contributed by atoms with Crippen molar-refractivity contribution in [2.24, 2.45) is 0 Å². The van der Waals surface area contributed by atoms with Gasteiger partial charge in [-0.15, -0.1) is 0 Å². The summed E-state index contributed by atoms with van der Waals surface area (Å²) in [6.07, 6.45) is 3.83. The third-order valence-corrected chi connectivity index (χ3v) is 7.03. The summed E-state index contributed by atoms with van der Waals surface area (Å²) in [6.45, 7) is 5.92. The number of ether oxygens (including phenoxy) is 5. The number of alkyl halides is 3. The smallest absolute Gasteiger partial charge is 0.420 e. The topological polar surface area (TPSA) is 97.4 Å². The minimum Gasteiger partial charge on any atom is -0.493 e. The Bertz CT molecular complexity index is 1500. The van der Waals surface area contributed by atoms with E-state index in [1.165, 1.54) is 44.6 Å². The second-order valence-electron chi connectivity index (χ2n) is 10.6. The lowest BCUT2D eigenvalue weighted by molar-refractivity contribution is -0.139. The summed E-state index contributed by atoms with van der Waals surface area (Å²) in [6, 6.07) is 13.5. The van der Waals surface area contributed by atoms with Gasteiger partial charge in [0, 0.05) is 6.08 Å². The highest BCUT2D eigenvalue weighted by molar-refractivity contribution is 5.93. The Hall–Kier alpha value is -4.80. The Kier molecular flexibility index (Phi) is 14.3. The maximum atomic E-state index is 14.0. The number of methoxy groups -OCH3 is 1. The first-order chi connectivity index (χ1) is 22.5. The summed E-state index contributed by atoms with van der Waals surface area (Å²) < 4.78 is 68.3. The minimum atomic E-state index is -4.94. The minimum absolute atomic E-state index is 0.0912. The summed E-state index contributed by atoms with van der Waals surface area (Å²) in [5.41, 5.74) is -0.692. The second kappa shape index (κ2) is 18.4. The number of carbonyl (C=O) groups is 3. The molecule has 252 valence electrons. The quantitative estimate of drug-likeness (QED) is 0.0582. The van der Waals surface area contributed by atoms with Crippen molar-refractivity contribution in [3.8, 4) is 23.0 Å². The van der Waals surface area contributed by atoms with Crippen LogP contribution in [0.4, 0.5) is 13.2 Å². The van der Waals surface area contributed by atoms with Crippen molar-refractivity contribution >= 4 is 17.9 Å². The number of rotatable bonds is 18. The van der Waals surface area contributed by atoms with Gasteiger partial charge in [0.05, 0.1) is 37.0 Å². The molecule has 0 bridgehead atoms. The fourth-order valence-corrected chi connectivity index (χ4v) is 4.48. The van der Waals surface area contributed by atoms with Crippen molar-refractivity contribution in [1.29, 1.82) is 0 Å². The molecule has 0 unspecified atom stereocenters. The van der Waals surface area contributed by atoms with Gasteiger partial charge in [0.1, 0.15) is 11.5 Å². The van der Waals surface area contributed by atoms with E-state index in [4.69, 9.17) is 23.7 Å². The summed E-state index contributed by atoms with van der Waals surface area (Å²) in [5, 5.41) is 0. The summed E-state index contributed by atoms with van der Waals surface area (Å²) in [4.78, 5) is 36.7. The molecule has 0 aliphatic rings. The SMILES string of the molecule is C=CC(=O)OCCCCOc1ccc(C(=O)Oc2ccc(C(=O)Oc3ccc(CCCCCCC)cc3)cc2C(F)(F)F)cc1OC. The Labute approximate surface area is 272 Å². The summed E-state index contributed by atoms with van der Waals surface area (Å²) >= 11 is 0. The Balaban J connectivity index is 1.63. The van der Waals surface area contributed by atoms with Gasteiger partial charge < -0.3 is 23.7 Å². The number of esters is 3. The average Bonchev–Trinajstić information content (AvgIpc) is 3.06. The second-order valence-corrected chi connectivity index (χ2v) is 10.6. The highest BCUT2D eigenvalue weighted by Gasteiger charge is 2.36. The monoisotopic (exact) mass is 656 g/mol. The molecule has 0 fully saturated rings. The number of hydrogen-bond donors (Lipinski definition) is 0. The molecule has 0 saturated carbocycles. The van der Waals surface area contributed by atoms with E-state index < -0.39 is 35.4 Å². The number of aryl methyl sites for hydroxylation is 1. The molecule has 3 aromatic rings. The standard InChI is InChI=1S/C36H39F3O8/c1-4-6-7-8-9-12-25-13-17-28(18-14-25)46-34(41)26-15-19-30(29(23-26)36(37,38)39)47-35(42)27-16-20-31(32(24-27)43-3)44-21-10-11-22-45-33(40)5-2/h5,13-20,23-24H,2,4,6-12,21-22H2,1,3H3. The van der Waals surface area contributed by atoms with Crippen LogP contribution in [-0.4, -0.2) is 38.2 Å². The third kappa shape index (κ3) is 11.8. The van der Waals surface area contributed by atoms with Crippen LogP contribution in [0.3, 0.4) is 0 Å². The van der Waals surface area contributed by atoms with E-state index in [2.05, 4.69) is 13.5 Å². The van der Waals surface area contributed by atoms with E-state index in [0.717, 1.165) is 43.0 Å². The van der Waals surface area contributed by atoms with Crippen molar-refractivity contribution in [3.63, 3.8) is 0 Å². The van der Waals surface area contributed by atoms with Crippen LogP contribution in [0.5, 0.6) is 23.0 Å². The Morgan fingerprint density at radius 3 is 2.04 bits per heavy atom. The molecule has 47 heavy (non-hydrogen) atoms. The zero-order valence-electron chi connectivity index (χ0n) is 26.5. The molecule has 0 amide bonds. The number of carbonyl (C=O) groups excluding carboxylic acids is 3. The first-order valence-electron chi connectivity index (χ1n) is 15.4. The van der Waals surface area contributed by atoms with Gasteiger partial charge in [-0.3, -0.25) is 0 Å². The summed E-state index contributed by atoms with van der Waals surface area (Å²) in [5.74, 6) is -2.71. The maximum absolute atomic E-state index is 14.0. The third-order valence-electron chi connectivity index (χ3n) is 7.03. The lowest BCUT2D eigenvalue weighted by Gasteiger charge is -2.15. The predicted molar refractivity (Wildman–Crippen MR) is 169 cm³/mol. The number of hydrogen-bond acceptors (Lipinski definition) is 8. The average molecular weight is 657 g/mol. The molecule has 0 heterocycles. The van der Waals surface area contributed by atoms with Gasteiger partial charge in [-0.1, -0.05) is 51.3 Å². The van der Waals surface area contributed by atoms with Gasteiger partial charge in [-0.25, -0.2) is 14.4 Å². The number of halogens is 3. The van der Waals surface area contributed by atoms with Crippen LogP contribution in [-0.2, 0) is 22.1 Å². The van der Waals surface area contributed by atoms with E-state index in [9.17, 15) is 27.6 Å². The lowest BCUT2D eigenvalue weighted by atomic mass is 10.1. The first-order valence-corrected chi connectivity index (χ1v) is 15.4. The van der Waals surface area contributed by atoms with Crippen LogP contribution in [0, 0.1) is 0 Å². The molecule has 0 spiro atoms. The molecule has 0 saturated heterocycles. The van der Waals surface area contributed by atoms with Gasteiger partial charge >= 0.3 is 24.1 Å². The van der Waals surface area contributed by atoms with Crippen LogP contribution in [0.2, 0.25) is 0 Å². The molecule has 11 heteroatoms. The molecular formula is C36H39F3O8. The molecule has 0 atom stereocenters. The van der Waals surface area contributed by atoms with Crippen LogP contribution in [0.25, 0.3) is 0 Å². The molecule has 0 aromatic heterocycles. The van der Waals surface area contributed by atoms with Crippen LogP contribution < -0.4 is 18.9 Å². The van der Waals surface area contributed by atoms with E-state index in [-0.39, 0.29) is 35.8 Å². The zero-order chi connectivity index (χ0) is 34.2. The van der Waals surface area contributed by atoms with E-state index in [1.54, 1.807) is 12.1 Å². The first kappa shape index (κ1) is 36.7. The predicted octanol–water partition coefficient (Wildman–Crippen LogP) is 8.55. The fourth-order valence-electron chi connectivity index (χ4n) is 4.48. The molecule has 8 nitrogen and oxygen atoms in total. The molecule has 0 radical (unpaired) electrons. The van der Waals surface area contributed by atoms with Crippen LogP contribution in [0.15, 0.2) is 73.3 Å². The van der Waals surface area contributed by atoms with Gasteiger partial charge in [0.2, 0.25) is 0 Å². The molecule has 0 N–H and O–H groups in total. The van der Waals surface area contributed by atoms with Crippen molar-refractivity contribution in [2.45, 2.75) is 64.5 Å². The highest BCUT2D eigenvalue weighted by Crippen LogP contribution is 2.38. The normalized spacial score (nSPS) is 11.0. The Morgan fingerprint density at radius 1 is 0.745 bits per heavy atom. The fraction of sp³-hybridized carbons (Fsp3) is 0.361. The molecular weight excluding hydrogens is 617 g/mol. The zero-order valence-corrected chi connectivity index (χ0v) is 26.5. The van der Waals surface area contributed by atoms with E-state index >= 15 is 0 Å². The molecule has 3 rings (SSSR count).